The first kappa shape index (κ1) is 29.2. The van der Waals surface area contributed by atoms with Gasteiger partial charge in [-0.05, 0) is 63.1 Å². The van der Waals surface area contributed by atoms with Crippen LogP contribution in [0.5, 0.6) is 23.0 Å². The van der Waals surface area contributed by atoms with E-state index in [4.69, 9.17) is 28.8 Å². The smallest absolute Gasteiger partial charge is 0.450 e. The van der Waals surface area contributed by atoms with Gasteiger partial charge in [0.1, 0.15) is 0 Å². The molecule has 47 heavy (non-hydrogen) atoms. The molecule has 1 aromatic heterocycles. The van der Waals surface area contributed by atoms with Crippen molar-refractivity contribution in [3.8, 4) is 68.0 Å². The minimum atomic E-state index is -0.638. The van der Waals surface area contributed by atoms with Crippen molar-refractivity contribution in [2.24, 2.45) is 0 Å². The minimum absolute atomic E-state index is 0.515. The Hall–Kier alpha value is -5.24. The summed E-state index contributed by atoms with van der Waals surface area (Å²) in [5.41, 5.74) is 6.22. The third-order valence-electron chi connectivity index (χ3n) is 9.24. The number of nitrogens with zero attached hydrogens (tertiary/aromatic N) is 2. The van der Waals surface area contributed by atoms with Gasteiger partial charge in [0.05, 0.1) is 22.6 Å². The fourth-order valence-corrected chi connectivity index (χ4v) is 5.89. The SMILES string of the molecule is CC1(C)OB(c2ccc(-c3cc(-c4ccc(-c5ccccc5)cc4)nc(-c4ccccc4)n3)c3c2Oc2ccccc2O3)OC1(C)C. The molecule has 1 fully saturated rings. The number of benzene rings is 5. The molecule has 0 atom stereocenters. The second kappa shape index (κ2) is 11.2. The molecular weight excluding hydrogens is 583 g/mol. The van der Waals surface area contributed by atoms with E-state index in [-0.39, 0.29) is 0 Å². The second-order valence-corrected chi connectivity index (χ2v) is 12.9. The Morgan fingerprint density at radius 3 is 1.64 bits per heavy atom. The maximum absolute atomic E-state index is 6.63. The predicted octanol–water partition coefficient (Wildman–Crippen LogP) is 9.34. The topological polar surface area (TPSA) is 62.7 Å². The van der Waals surface area contributed by atoms with Crippen LogP contribution in [0.25, 0.3) is 45.0 Å². The Morgan fingerprint density at radius 1 is 0.489 bits per heavy atom. The lowest BCUT2D eigenvalue weighted by molar-refractivity contribution is 0.00578. The van der Waals surface area contributed by atoms with Crippen molar-refractivity contribution in [1.82, 2.24) is 9.97 Å². The Morgan fingerprint density at radius 2 is 1.00 bits per heavy atom. The molecule has 0 radical (unpaired) electrons. The van der Waals surface area contributed by atoms with Crippen LogP contribution in [-0.2, 0) is 9.31 Å². The monoisotopic (exact) mass is 616 g/mol. The van der Waals surface area contributed by atoms with Gasteiger partial charge in [-0.25, -0.2) is 9.97 Å². The molecule has 3 heterocycles. The van der Waals surface area contributed by atoms with Gasteiger partial charge in [0.2, 0.25) is 0 Å². The number of rotatable bonds is 5. The van der Waals surface area contributed by atoms with Crippen molar-refractivity contribution >= 4 is 12.6 Å². The quantitative estimate of drug-likeness (QED) is 0.180. The molecule has 1 saturated heterocycles. The summed E-state index contributed by atoms with van der Waals surface area (Å²) in [6.45, 7) is 8.17. The van der Waals surface area contributed by atoms with E-state index in [0.29, 0.717) is 34.5 Å². The van der Waals surface area contributed by atoms with Crippen molar-refractivity contribution in [2.45, 2.75) is 38.9 Å². The molecule has 2 aliphatic heterocycles. The van der Waals surface area contributed by atoms with E-state index in [0.717, 1.165) is 33.4 Å². The summed E-state index contributed by atoms with van der Waals surface area (Å²) in [7, 11) is -0.638. The van der Waals surface area contributed by atoms with Gasteiger partial charge < -0.3 is 18.8 Å². The number of fused-ring (bicyclic) bond motifs is 2. The summed E-state index contributed by atoms with van der Waals surface area (Å²) in [4.78, 5) is 10.1. The first-order valence-corrected chi connectivity index (χ1v) is 15.8. The van der Waals surface area contributed by atoms with Gasteiger partial charge in [0.25, 0.3) is 0 Å². The fraction of sp³-hybridized carbons (Fsp3) is 0.150. The van der Waals surface area contributed by atoms with Gasteiger partial charge in [0, 0.05) is 22.2 Å². The molecule has 2 aliphatic rings. The molecule has 0 saturated carbocycles. The van der Waals surface area contributed by atoms with E-state index in [1.807, 2.05) is 107 Å². The highest BCUT2D eigenvalue weighted by molar-refractivity contribution is 6.63. The lowest BCUT2D eigenvalue weighted by atomic mass is 9.77. The summed E-state index contributed by atoms with van der Waals surface area (Å²) < 4.78 is 26.1. The van der Waals surface area contributed by atoms with Crippen molar-refractivity contribution in [3.63, 3.8) is 0 Å². The molecule has 230 valence electrons. The molecule has 0 spiro atoms. The first-order chi connectivity index (χ1) is 22.8. The fourth-order valence-electron chi connectivity index (χ4n) is 5.89. The van der Waals surface area contributed by atoms with Crippen LogP contribution in [-0.4, -0.2) is 28.3 Å². The summed E-state index contributed by atoms with van der Waals surface area (Å²) >= 11 is 0. The lowest BCUT2D eigenvalue weighted by Gasteiger charge is -2.32. The van der Waals surface area contributed by atoms with E-state index < -0.39 is 18.3 Å². The van der Waals surface area contributed by atoms with Crippen LogP contribution < -0.4 is 14.9 Å². The molecule has 0 aliphatic carbocycles. The van der Waals surface area contributed by atoms with E-state index in [2.05, 4.69) is 48.5 Å². The Bertz CT molecular complexity index is 2080. The van der Waals surface area contributed by atoms with Crippen molar-refractivity contribution < 1.29 is 18.8 Å². The summed E-state index contributed by atoms with van der Waals surface area (Å²) in [6, 6.07) is 42.5. The van der Waals surface area contributed by atoms with Crippen molar-refractivity contribution in [1.29, 1.82) is 0 Å². The van der Waals surface area contributed by atoms with Gasteiger partial charge in [-0.3, -0.25) is 0 Å². The largest absolute Gasteiger partial charge is 0.498 e. The van der Waals surface area contributed by atoms with E-state index >= 15 is 0 Å². The predicted molar refractivity (Wildman–Crippen MR) is 186 cm³/mol. The van der Waals surface area contributed by atoms with Gasteiger partial charge in [-0.1, -0.05) is 103 Å². The second-order valence-electron chi connectivity index (χ2n) is 12.9. The van der Waals surface area contributed by atoms with Crippen LogP contribution in [0.4, 0.5) is 0 Å². The van der Waals surface area contributed by atoms with Crippen LogP contribution >= 0.6 is 0 Å². The van der Waals surface area contributed by atoms with Crippen LogP contribution in [0, 0.1) is 0 Å². The number of aromatic nitrogens is 2. The summed E-state index contributed by atoms with van der Waals surface area (Å²) in [6.07, 6.45) is 0. The lowest BCUT2D eigenvalue weighted by Crippen LogP contribution is -2.41. The average Bonchev–Trinajstić information content (AvgIpc) is 3.33. The van der Waals surface area contributed by atoms with Gasteiger partial charge in [-0.2, -0.15) is 0 Å². The van der Waals surface area contributed by atoms with Crippen molar-refractivity contribution in [3.05, 3.63) is 127 Å². The molecule has 0 unspecified atom stereocenters. The van der Waals surface area contributed by atoms with E-state index in [9.17, 15) is 0 Å². The molecule has 5 aromatic carbocycles. The molecule has 0 amide bonds. The van der Waals surface area contributed by atoms with Crippen molar-refractivity contribution in [2.75, 3.05) is 0 Å². The highest BCUT2D eigenvalue weighted by Crippen LogP contribution is 2.50. The zero-order valence-electron chi connectivity index (χ0n) is 26.7. The Balaban J connectivity index is 1.28. The molecular formula is C40H33BN2O4. The molecule has 0 bridgehead atoms. The highest BCUT2D eigenvalue weighted by atomic mass is 16.7. The molecule has 0 N–H and O–H groups in total. The van der Waals surface area contributed by atoms with E-state index in [1.54, 1.807) is 0 Å². The maximum atomic E-state index is 6.63. The van der Waals surface area contributed by atoms with Crippen LogP contribution in [0.1, 0.15) is 27.7 Å². The summed E-state index contributed by atoms with van der Waals surface area (Å²) in [5.74, 6) is 2.97. The minimum Gasteiger partial charge on any atom is -0.450 e. The van der Waals surface area contributed by atoms with Gasteiger partial charge in [0.15, 0.2) is 28.8 Å². The number of hydrogen-bond acceptors (Lipinski definition) is 6. The van der Waals surface area contributed by atoms with E-state index in [1.165, 1.54) is 5.56 Å². The van der Waals surface area contributed by atoms with Crippen LogP contribution in [0.2, 0.25) is 0 Å². The third-order valence-corrected chi connectivity index (χ3v) is 9.24. The molecule has 6 nitrogen and oxygen atoms in total. The normalized spacial score (nSPS) is 15.7. The standard InChI is InChI=1S/C40H33BN2O4/c1-39(2)40(3,4)47-41(46-39)31-24-23-30(36-37(31)45-35-18-12-11-17-34(35)44-36)33-25-32(42-38(43-33)29-15-9-6-10-16-29)28-21-19-27(20-22-28)26-13-7-5-8-14-26/h5-25H,1-4H3. The maximum Gasteiger partial charge on any atom is 0.498 e. The summed E-state index contributed by atoms with van der Waals surface area (Å²) in [5, 5.41) is 0. The zero-order chi connectivity index (χ0) is 32.2. The Labute approximate surface area is 275 Å². The zero-order valence-corrected chi connectivity index (χ0v) is 26.7. The first-order valence-electron chi connectivity index (χ1n) is 15.8. The van der Waals surface area contributed by atoms with Crippen LogP contribution in [0.15, 0.2) is 127 Å². The Kier molecular flexibility index (Phi) is 6.97. The number of hydrogen-bond donors (Lipinski definition) is 0. The molecule has 7 heteroatoms. The number of ether oxygens (including phenoxy) is 2. The highest BCUT2D eigenvalue weighted by Gasteiger charge is 2.53. The van der Waals surface area contributed by atoms with Crippen LogP contribution in [0.3, 0.4) is 0 Å². The van der Waals surface area contributed by atoms with Gasteiger partial charge in [-0.15, -0.1) is 0 Å². The third kappa shape index (κ3) is 5.27. The molecule has 6 aromatic rings. The average molecular weight is 617 g/mol. The van der Waals surface area contributed by atoms with Gasteiger partial charge >= 0.3 is 7.12 Å². The molecule has 8 rings (SSSR count). The number of para-hydroxylation sites is 2.